The number of carbonyl (C=O) groups is 4. The summed E-state index contributed by atoms with van der Waals surface area (Å²) in [7, 11) is 0. The van der Waals surface area contributed by atoms with E-state index in [1.165, 1.54) is 18.3 Å². The highest BCUT2D eigenvalue weighted by Gasteiger charge is 2.27. The molecule has 0 aliphatic carbocycles. The van der Waals surface area contributed by atoms with Crippen LogP contribution in [0.25, 0.3) is 16.5 Å². The second-order valence-corrected chi connectivity index (χ2v) is 7.72. The molecule has 8 nitrogen and oxygen atoms in total. The van der Waals surface area contributed by atoms with Gasteiger partial charge in [0.05, 0.1) is 6.54 Å². The molecule has 9 heteroatoms. The number of carbonyl (C=O) groups excluding carboxylic acids is 4. The lowest BCUT2D eigenvalue weighted by atomic mass is 10.1. The molecule has 4 amide bonds. The number of imide groups is 1. The van der Waals surface area contributed by atoms with E-state index >= 15 is 0 Å². The molecule has 0 radical (unpaired) electrons. The Morgan fingerprint density at radius 3 is 2.76 bits per heavy atom. The number of esters is 1. The molecule has 1 saturated heterocycles. The number of hydrogen-bond acceptors (Lipinski definition) is 6. The van der Waals surface area contributed by atoms with Crippen LogP contribution in [0.15, 0.2) is 36.0 Å². The Hall–Kier alpha value is -3.46. The second-order valence-electron chi connectivity index (χ2n) is 6.61. The van der Waals surface area contributed by atoms with Gasteiger partial charge in [-0.2, -0.15) is 0 Å². The van der Waals surface area contributed by atoms with Gasteiger partial charge in [0.1, 0.15) is 12.3 Å². The summed E-state index contributed by atoms with van der Waals surface area (Å²) in [5, 5.41) is 4.63. The van der Waals surface area contributed by atoms with Crippen LogP contribution in [0.2, 0.25) is 0 Å². The molecule has 0 atom stereocenters. The highest BCUT2D eigenvalue weighted by molar-refractivity contribution is 7.16. The Morgan fingerprint density at radius 1 is 1.21 bits per heavy atom. The van der Waals surface area contributed by atoms with E-state index in [2.05, 4.69) is 10.6 Å². The van der Waals surface area contributed by atoms with Crippen molar-refractivity contribution >= 4 is 41.2 Å². The third kappa shape index (κ3) is 3.90. The molecule has 2 aliphatic heterocycles. The molecular formula is C20H17N3O5S. The molecule has 0 saturated carbocycles. The van der Waals surface area contributed by atoms with Gasteiger partial charge in [-0.05, 0) is 41.5 Å². The van der Waals surface area contributed by atoms with Crippen molar-refractivity contribution in [2.24, 2.45) is 0 Å². The van der Waals surface area contributed by atoms with Crippen molar-refractivity contribution in [1.29, 1.82) is 0 Å². The summed E-state index contributed by atoms with van der Waals surface area (Å²) in [6, 6.07) is 8.95. The minimum atomic E-state index is -0.528. The maximum atomic E-state index is 12.5. The van der Waals surface area contributed by atoms with Gasteiger partial charge in [0.25, 0.3) is 11.8 Å². The topological polar surface area (TPSA) is 105 Å². The van der Waals surface area contributed by atoms with E-state index in [-0.39, 0.29) is 24.2 Å². The number of fused-ring (bicyclic) bond motifs is 1. The van der Waals surface area contributed by atoms with E-state index in [1.807, 2.05) is 24.3 Å². The fraction of sp³-hybridized carbons (Fsp3) is 0.200. The van der Waals surface area contributed by atoms with Crippen molar-refractivity contribution in [3.63, 3.8) is 0 Å². The summed E-state index contributed by atoms with van der Waals surface area (Å²) < 4.78 is 4.92. The molecule has 0 unspecified atom stereocenters. The Balaban J connectivity index is 1.50. The third-order valence-corrected chi connectivity index (χ3v) is 5.65. The number of rotatable bonds is 5. The second kappa shape index (κ2) is 7.51. The van der Waals surface area contributed by atoms with Crippen molar-refractivity contribution in [2.45, 2.75) is 13.5 Å². The molecule has 2 aromatic rings. The molecule has 1 aromatic heterocycles. The van der Waals surface area contributed by atoms with Gasteiger partial charge in [-0.25, -0.2) is 4.79 Å². The summed E-state index contributed by atoms with van der Waals surface area (Å²) in [4.78, 5) is 49.7. The lowest BCUT2D eigenvalue weighted by Gasteiger charge is -2.14. The molecule has 1 fully saturated rings. The number of thiophene rings is 1. The van der Waals surface area contributed by atoms with Crippen LogP contribution in [0.5, 0.6) is 0 Å². The summed E-state index contributed by atoms with van der Waals surface area (Å²) >= 11 is 1.48. The van der Waals surface area contributed by atoms with Crippen molar-refractivity contribution in [3.05, 3.63) is 52.0 Å². The van der Waals surface area contributed by atoms with Gasteiger partial charge in [-0.15, -0.1) is 11.3 Å². The number of ether oxygens (including phenoxy) is 1. The average molecular weight is 411 g/mol. The van der Waals surface area contributed by atoms with Crippen LogP contribution in [0.3, 0.4) is 0 Å². The number of urea groups is 1. The smallest absolute Gasteiger partial charge is 0.326 e. The van der Waals surface area contributed by atoms with Crippen LogP contribution in [0, 0.1) is 0 Å². The fourth-order valence-corrected chi connectivity index (χ4v) is 4.17. The van der Waals surface area contributed by atoms with E-state index in [1.54, 1.807) is 17.0 Å². The van der Waals surface area contributed by atoms with Gasteiger partial charge in [-0.1, -0.05) is 6.07 Å². The molecule has 2 N–H and O–H groups in total. The lowest BCUT2D eigenvalue weighted by molar-refractivity contribution is -0.141. The van der Waals surface area contributed by atoms with Gasteiger partial charge in [0, 0.05) is 28.8 Å². The molecular weight excluding hydrogens is 394 g/mol. The van der Waals surface area contributed by atoms with Crippen molar-refractivity contribution in [2.75, 3.05) is 13.2 Å². The molecule has 2 aliphatic rings. The Morgan fingerprint density at radius 2 is 2.03 bits per heavy atom. The maximum Gasteiger partial charge on any atom is 0.326 e. The number of hydrogen-bond donors (Lipinski definition) is 2. The summed E-state index contributed by atoms with van der Waals surface area (Å²) in [6.45, 7) is 2.34. The first-order valence-electron chi connectivity index (χ1n) is 8.90. The quantitative estimate of drug-likeness (QED) is 0.445. The molecule has 4 rings (SSSR count). The van der Waals surface area contributed by atoms with E-state index in [9.17, 15) is 19.2 Å². The van der Waals surface area contributed by atoms with Crippen LogP contribution < -0.4 is 10.6 Å². The van der Waals surface area contributed by atoms with Gasteiger partial charge in [0.2, 0.25) is 0 Å². The molecule has 29 heavy (non-hydrogen) atoms. The standard InChI is InChI=1S/C20H17N3O5S/c1-11(24)28-7-6-23-10-13-8-12(2-4-15(13)19(23)26)17-5-3-14(29-17)9-16-18(25)22-20(27)21-16/h2-5,8-9H,6-7,10H2,1H3,(H2,21,22,25,27). The minimum absolute atomic E-state index is 0.0710. The Labute approximate surface area is 170 Å². The Bertz CT molecular complexity index is 1070. The average Bonchev–Trinajstić information content (AvgIpc) is 3.34. The number of nitrogens with zero attached hydrogens (tertiary/aromatic N) is 1. The lowest BCUT2D eigenvalue weighted by Crippen LogP contribution is -2.28. The molecule has 0 spiro atoms. The van der Waals surface area contributed by atoms with Gasteiger partial charge >= 0.3 is 12.0 Å². The van der Waals surface area contributed by atoms with Crippen LogP contribution in [-0.4, -0.2) is 41.9 Å². The first-order valence-corrected chi connectivity index (χ1v) is 9.72. The van der Waals surface area contributed by atoms with Gasteiger partial charge < -0.3 is 15.0 Å². The van der Waals surface area contributed by atoms with Crippen molar-refractivity contribution in [1.82, 2.24) is 15.5 Å². The number of nitrogens with one attached hydrogen (secondary N) is 2. The van der Waals surface area contributed by atoms with E-state index < -0.39 is 11.9 Å². The SMILES string of the molecule is CC(=O)OCCN1Cc2cc(-c3ccc(C=C4NC(=O)NC4=O)s3)ccc2C1=O. The van der Waals surface area contributed by atoms with Gasteiger partial charge in [0.15, 0.2) is 0 Å². The summed E-state index contributed by atoms with van der Waals surface area (Å²) in [6.07, 6.45) is 1.63. The largest absolute Gasteiger partial charge is 0.464 e. The predicted octanol–water partition coefficient (Wildman–Crippen LogP) is 2.11. The molecule has 3 heterocycles. The van der Waals surface area contributed by atoms with E-state index in [4.69, 9.17) is 4.74 Å². The highest BCUT2D eigenvalue weighted by atomic mass is 32.1. The number of benzene rings is 1. The highest BCUT2D eigenvalue weighted by Crippen LogP contribution is 2.33. The van der Waals surface area contributed by atoms with Crippen LogP contribution in [0.1, 0.15) is 27.7 Å². The first kappa shape index (κ1) is 18.9. The predicted molar refractivity (Wildman–Crippen MR) is 106 cm³/mol. The summed E-state index contributed by atoms with van der Waals surface area (Å²) in [5.41, 5.74) is 2.76. The van der Waals surface area contributed by atoms with Crippen LogP contribution in [-0.2, 0) is 20.9 Å². The fourth-order valence-electron chi connectivity index (χ4n) is 3.22. The monoisotopic (exact) mass is 411 g/mol. The summed E-state index contributed by atoms with van der Waals surface area (Å²) in [5.74, 6) is -0.886. The minimum Gasteiger partial charge on any atom is -0.464 e. The molecule has 0 bridgehead atoms. The third-order valence-electron chi connectivity index (χ3n) is 4.57. The normalized spacial score (nSPS) is 16.8. The van der Waals surface area contributed by atoms with E-state index in [0.717, 1.165) is 20.9 Å². The molecule has 1 aromatic carbocycles. The van der Waals surface area contributed by atoms with Gasteiger partial charge in [-0.3, -0.25) is 19.7 Å². The zero-order valence-corrected chi connectivity index (χ0v) is 16.3. The zero-order valence-electron chi connectivity index (χ0n) is 15.5. The van der Waals surface area contributed by atoms with E-state index in [0.29, 0.717) is 18.7 Å². The first-order chi connectivity index (χ1) is 13.9. The Kier molecular flexibility index (Phi) is 4.89. The maximum absolute atomic E-state index is 12.5. The van der Waals surface area contributed by atoms with Crippen LogP contribution in [0.4, 0.5) is 4.79 Å². The van der Waals surface area contributed by atoms with Crippen molar-refractivity contribution < 1.29 is 23.9 Å². The van der Waals surface area contributed by atoms with Crippen LogP contribution >= 0.6 is 11.3 Å². The zero-order chi connectivity index (χ0) is 20.5. The number of amides is 4. The molecule has 148 valence electrons. The van der Waals surface area contributed by atoms with Crippen molar-refractivity contribution in [3.8, 4) is 10.4 Å².